The number of benzene rings is 1. The quantitative estimate of drug-likeness (QED) is 0.810. The third-order valence-corrected chi connectivity index (χ3v) is 3.60. The Balaban J connectivity index is 2.11. The Hall–Kier alpha value is -1.00. The molecular weight excluding hydrogens is 208 g/mol. The minimum Gasteiger partial charge on any atom is -0.369 e. The third kappa shape index (κ3) is 2.52. The molecule has 0 radical (unpaired) electrons. The molecule has 1 amide bonds. The molecule has 1 aromatic carbocycles. The molecule has 0 saturated heterocycles. The second-order valence-electron chi connectivity index (χ2n) is 3.57. The predicted octanol–water partition coefficient (Wildman–Crippen LogP) is 1.30. The van der Waals surface area contributed by atoms with Gasteiger partial charge in [-0.15, -0.1) is 11.8 Å². The lowest BCUT2D eigenvalue weighted by atomic mass is 10.0. The molecule has 1 unspecified atom stereocenters. The Morgan fingerprint density at radius 2 is 2.33 bits per heavy atom. The lowest BCUT2D eigenvalue weighted by molar-refractivity contribution is -0.117. The Bertz CT molecular complexity index is 367. The highest BCUT2D eigenvalue weighted by atomic mass is 32.2. The summed E-state index contributed by atoms with van der Waals surface area (Å²) in [6.45, 7) is 0.254. The highest BCUT2D eigenvalue weighted by Gasteiger charge is 2.19. The van der Waals surface area contributed by atoms with E-state index < -0.39 is 0 Å². The van der Waals surface area contributed by atoms with Crippen LogP contribution in [-0.4, -0.2) is 18.2 Å². The minimum absolute atomic E-state index is 0.254. The number of primary amides is 1. The molecule has 1 heterocycles. The maximum Gasteiger partial charge on any atom is 0.231 e. The zero-order chi connectivity index (χ0) is 10.7. The van der Waals surface area contributed by atoms with E-state index in [0.29, 0.717) is 0 Å². The number of fused-ring (bicyclic) bond motifs is 1. The Kier molecular flexibility index (Phi) is 3.28. The van der Waals surface area contributed by atoms with Crippen molar-refractivity contribution >= 4 is 17.7 Å². The van der Waals surface area contributed by atoms with Gasteiger partial charge in [0, 0.05) is 10.9 Å². The monoisotopic (exact) mass is 222 g/mol. The van der Waals surface area contributed by atoms with E-state index in [1.54, 1.807) is 0 Å². The number of rotatable bonds is 3. The first kappa shape index (κ1) is 10.5. The van der Waals surface area contributed by atoms with Crippen LogP contribution in [0.25, 0.3) is 0 Å². The number of thioether (sulfide) groups is 1. The van der Waals surface area contributed by atoms with Gasteiger partial charge in [-0.1, -0.05) is 18.2 Å². The van der Waals surface area contributed by atoms with Crippen LogP contribution in [0.2, 0.25) is 0 Å². The molecule has 4 heteroatoms. The molecule has 80 valence electrons. The van der Waals surface area contributed by atoms with E-state index in [4.69, 9.17) is 5.73 Å². The molecule has 1 aliphatic heterocycles. The zero-order valence-corrected chi connectivity index (χ0v) is 9.22. The van der Waals surface area contributed by atoms with Crippen LogP contribution < -0.4 is 11.1 Å². The fourth-order valence-corrected chi connectivity index (χ4v) is 2.90. The van der Waals surface area contributed by atoms with Crippen LogP contribution in [0.5, 0.6) is 0 Å². The normalized spacial score (nSPS) is 19.6. The first-order valence-electron chi connectivity index (χ1n) is 5.01. The van der Waals surface area contributed by atoms with E-state index in [-0.39, 0.29) is 18.5 Å². The molecular formula is C11H14N2OS. The van der Waals surface area contributed by atoms with Crippen molar-refractivity contribution in [2.75, 3.05) is 12.3 Å². The van der Waals surface area contributed by atoms with E-state index in [9.17, 15) is 4.79 Å². The Labute approximate surface area is 93.4 Å². The summed E-state index contributed by atoms with van der Waals surface area (Å²) in [4.78, 5) is 12.0. The maximum absolute atomic E-state index is 10.7. The highest BCUT2D eigenvalue weighted by Crippen LogP contribution is 2.35. The van der Waals surface area contributed by atoms with Crippen molar-refractivity contribution in [3.05, 3.63) is 29.8 Å². The lowest BCUT2D eigenvalue weighted by Gasteiger charge is -2.25. The van der Waals surface area contributed by atoms with E-state index in [2.05, 4.69) is 17.4 Å². The summed E-state index contributed by atoms with van der Waals surface area (Å²) in [5, 5.41) is 3.19. The van der Waals surface area contributed by atoms with Gasteiger partial charge < -0.3 is 11.1 Å². The molecule has 0 fully saturated rings. The van der Waals surface area contributed by atoms with E-state index in [1.165, 1.54) is 10.5 Å². The van der Waals surface area contributed by atoms with E-state index in [0.717, 1.165) is 12.2 Å². The summed E-state index contributed by atoms with van der Waals surface area (Å²) in [6, 6.07) is 8.58. The number of carbonyl (C=O) groups is 1. The average molecular weight is 222 g/mol. The van der Waals surface area contributed by atoms with Crippen LogP contribution in [-0.2, 0) is 4.79 Å². The fraction of sp³-hybridized carbons (Fsp3) is 0.364. The van der Waals surface area contributed by atoms with Gasteiger partial charge in [0.05, 0.1) is 6.54 Å². The van der Waals surface area contributed by atoms with Crippen LogP contribution in [0.3, 0.4) is 0 Å². The summed E-state index contributed by atoms with van der Waals surface area (Å²) in [6.07, 6.45) is 1.05. The van der Waals surface area contributed by atoms with Crippen LogP contribution >= 0.6 is 11.8 Å². The van der Waals surface area contributed by atoms with Crippen molar-refractivity contribution < 1.29 is 4.79 Å². The molecule has 0 aromatic heterocycles. The van der Waals surface area contributed by atoms with Gasteiger partial charge in [-0.05, 0) is 23.8 Å². The number of nitrogens with two attached hydrogens (primary N) is 1. The molecule has 0 spiro atoms. The largest absolute Gasteiger partial charge is 0.369 e. The molecule has 1 atom stereocenters. The first-order valence-corrected chi connectivity index (χ1v) is 5.99. The van der Waals surface area contributed by atoms with Crippen LogP contribution in [0.1, 0.15) is 18.0 Å². The topological polar surface area (TPSA) is 55.1 Å². The van der Waals surface area contributed by atoms with Gasteiger partial charge in [0.15, 0.2) is 0 Å². The summed E-state index contributed by atoms with van der Waals surface area (Å²) >= 11 is 1.87. The van der Waals surface area contributed by atoms with Gasteiger partial charge in [-0.25, -0.2) is 0 Å². The summed E-state index contributed by atoms with van der Waals surface area (Å²) < 4.78 is 0. The van der Waals surface area contributed by atoms with Gasteiger partial charge in [-0.2, -0.15) is 0 Å². The molecule has 1 aliphatic rings. The van der Waals surface area contributed by atoms with Crippen molar-refractivity contribution in [1.82, 2.24) is 5.32 Å². The molecule has 0 saturated carbocycles. The molecule has 3 nitrogen and oxygen atoms in total. The number of amides is 1. The van der Waals surface area contributed by atoms with Gasteiger partial charge in [-0.3, -0.25) is 4.79 Å². The molecule has 1 aromatic rings. The molecule has 2 rings (SSSR count). The molecule has 0 aliphatic carbocycles. The standard InChI is InChI=1S/C11H14N2OS/c12-11(14)7-13-9-5-6-15-10-4-2-1-3-8(9)10/h1-4,9,13H,5-7H2,(H2,12,14). The maximum atomic E-state index is 10.7. The second kappa shape index (κ2) is 4.68. The third-order valence-electron chi connectivity index (χ3n) is 2.48. The Morgan fingerprint density at radius 1 is 1.53 bits per heavy atom. The smallest absolute Gasteiger partial charge is 0.231 e. The summed E-state index contributed by atoms with van der Waals surface area (Å²) in [7, 11) is 0. The Morgan fingerprint density at radius 3 is 3.13 bits per heavy atom. The van der Waals surface area contributed by atoms with Crippen molar-refractivity contribution in [2.24, 2.45) is 5.73 Å². The summed E-state index contributed by atoms with van der Waals surface area (Å²) in [5.74, 6) is 0.790. The highest BCUT2D eigenvalue weighted by molar-refractivity contribution is 7.99. The van der Waals surface area contributed by atoms with E-state index in [1.807, 2.05) is 23.9 Å². The van der Waals surface area contributed by atoms with Gasteiger partial charge in [0.25, 0.3) is 0 Å². The van der Waals surface area contributed by atoms with Crippen molar-refractivity contribution in [2.45, 2.75) is 17.4 Å². The summed E-state index contributed by atoms with van der Waals surface area (Å²) in [5.41, 5.74) is 6.41. The zero-order valence-electron chi connectivity index (χ0n) is 8.40. The predicted molar refractivity (Wildman–Crippen MR) is 61.7 cm³/mol. The number of carbonyl (C=O) groups excluding carboxylic acids is 1. The van der Waals surface area contributed by atoms with Crippen LogP contribution in [0, 0.1) is 0 Å². The average Bonchev–Trinajstić information content (AvgIpc) is 2.26. The minimum atomic E-state index is -0.300. The number of hydrogen-bond donors (Lipinski definition) is 2. The van der Waals surface area contributed by atoms with E-state index >= 15 is 0 Å². The first-order chi connectivity index (χ1) is 7.27. The lowest BCUT2D eigenvalue weighted by Crippen LogP contribution is -2.33. The van der Waals surface area contributed by atoms with Gasteiger partial charge in [0.2, 0.25) is 5.91 Å². The van der Waals surface area contributed by atoms with Crippen molar-refractivity contribution in [3.8, 4) is 0 Å². The van der Waals surface area contributed by atoms with Crippen LogP contribution in [0.4, 0.5) is 0 Å². The van der Waals surface area contributed by atoms with Gasteiger partial charge >= 0.3 is 0 Å². The molecule has 3 N–H and O–H groups in total. The van der Waals surface area contributed by atoms with Crippen LogP contribution in [0.15, 0.2) is 29.2 Å². The molecule has 0 bridgehead atoms. The number of nitrogens with one attached hydrogen (secondary N) is 1. The fourth-order valence-electron chi connectivity index (χ4n) is 1.78. The van der Waals surface area contributed by atoms with Crippen molar-refractivity contribution in [3.63, 3.8) is 0 Å². The molecule has 15 heavy (non-hydrogen) atoms. The second-order valence-corrected chi connectivity index (χ2v) is 4.71. The van der Waals surface area contributed by atoms with Crippen molar-refractivity contribution in [1.29, 1.82) is 0 Å². The number of hydrogen-bond acceptors (Lipinski definition) is 3. The van der Waals surface area contributed by atoms with Gasteiger partial charge in [0.1, 0.15) is 0 Å². The SMILES string of the molecule is NC(=O)CNC1CCSc2ccccc21.